The molecule has 0 aliphatic rings. The summed E-state index contributed by atoms with van der Waals surface area (Å²) in [7, 11) is 3.22. The Labute approximate surface area is 140 Å². The molecule has 132 valence electrons. The summed E-state index contributed by atoms with van der Waals surface area (Å²) in [4.78, 5) is 41.5. The van der Waals surface area contributed by atoms with E-state index in [1.54, 1.807) is 18.7 Å². The van der Waals surface area contributed by atoms with Crippen molar-refractivity contribution in [3.63, 3.8) is 0 Å². The Morgan fingerprint density at radius 1 is 1.17 bits per heavy atom. The monoisotopic (exact) mass is 335 g/mol. The van der Waals surface area contributed by atoms with Crippen molar-refractivity contribution in [2.24, 2.45) is 14.1 Å². The molecule has 0 aliphatic carbocycles. The summed E-state index contributed by atoms with van der Waals surface area (Å²) < 4.78 is 3.81. The molecule has 0 saturated heterocycles. The summed E-state index contributed by atoms with van der Waals surface area (Å²) in [5.41, 5.74) is -0.732. The summed E-state index contributed by atoms with van der Waals surface area (Å²) in [6.45, 7) is 5.74. The fourth-order valence-electron chi connectivity index (χ4n) is 3.03. The average Bonchev–Trinajstić information content (AvgIpc) is 2.96. The molecular formula is C16H25N5O3. The number of hydrogen-bond acceptors (Lipinski definition) is 4. The van der Waals surface area contributed by atoms with Gasteiger partial charge >= 0.3 is 5.69 Å². The van der Waals surface area contributed by atoms with E-state index >= 15 is 0 Å². The minimum Gasteiger partial charge on any atom is -0.349 e. The number of nitrogens with zero attached hydrogens (tertiary/aromatic N) is 4. The zero-order valence-electron chi connectivity index (χ0n) is 14.9. The van der Waals surface area contributed by atoms with Gasteiger partial charge < -0.3 is 9.88 Å². The smallest absolute Gasteiger partial charge is 0.332 e. The second-order valence-electron chi connectivity index (χ2n) is 6.15. The summed E-state index contributed by atoms with van der Waals surface area (Å²) in [5, 5.41) is 2.99. The van der Waals surface area contributed by atoms with Gasteiger partial charge in [0.25, 0.3) is 5.56 Å². The number of imidazole rings is 1. The third-order valence-electron chi connectivity index (χ3n) is 4.94. The molecule has 2 aromatic rings. The lowest BCUT2D eigenvalue weighted by Gasteiger charge is -2.31. The third kappa shape index (κ3) is 2.88. The third-order valence-corrected chi connectivity index (χ3v) is 4.94. The minimum atomic E-state index is -0.545. The highest BCUT2D eigenvalue weighted by Crippen LogP contribution is 2.19. The molecule has 2 heterocycles. The summed E-state index contributed by atoms with van der Waals surface area (Å²) in [5.74, 6) is -0.332. The number of fused-ring (bicyclic) bond motifs is 1. The van der Waals surface area contributed by atoms with Gasteiger partial charge in [0, 0.05) is 19.6 Å². The van der Waals surface area contributed by atoms with Crippen molar-refractivity contribution in [2.45, 2.75) is 52.1 Å². The SMILES string of the molecule is CCC(CC)(CC)NC(=O)Cn1c(=O)c2c(ncn2C)n(C)c1=O. The Morgan fingerprint density at radius 2 is 1.75 bits per heavy atom. The molecule has 0 aromatic carbocycles. The van der Waals surface area contributed by atoms with Crippen LogP contribution in [0.1, 0.15) is 40.0 Å². The van der Waals surface area contributed by atoms with Gasteiger partial charge in [-0.25, -0.2) is 14.3 Å². The fraction of sp³-hybridized carbons (Fsp3) is 0.625. The average molecular weight is 335 g/mol. The van der Waals surface area contributed by atoms with Crippen LogP contribution in [0.15, 0.2) is 15.9 Å². The van der Waals surface area contributed by atoms with Crippen LogP contribution in [-0.2, 0) is 25.4 Å². The van der Waals surface area contributed by atoms with Crippen molar-refractivity contribution in [1.29, 1.82) is 0 Å². The van der Waals surface area contributed by atoms with Gasteiger partial charge in [0.1, 0.15) is 6.54 Å². The molecule has 0 bridgehead atoms. The molecule has 0 unspecified atom stereocenters. The molecule has 0 radical (unpaired) electrons. The van der Waals surface area contributed by atoms with Crippen molar-refractivity contribution in [3.8, 4) is 0 Å². The van der Waals surface area contributed by atoms with Gasteiger partial charge in [-0.15, -0.1) is 0 Å². The highest BCUT2D eigenvalue weighted by Gasteiger charge is 2.26. The molecular weight excluding hydrogens is 310 g/mol. The molecule has 8 nitrogen and oxygen atoms in total. The van der Waals surface area contributed by atoms with Crippen LogP contribution in [-0.4, -0.2) is 30.1 Å². The van der Waals surface area contributed by atoms with Crippen LogP contribution in [0.2, 0.25) is 0 Å². The van der Waals surface area contributed by atoms with Crippen molar-refractivity contribution >= 4 is 17.1 Å². The molecule has 8 heteroatoms. The van der Waals surface area contributed by atoms with E-state index < -0.39 is 11.2 Å². The highest BCUT2D eigenvalue weighted by molar-refractivity contribution is 5.77. The highest BCUT2D eigenvalue weighted by atomic mass is 16.2. The zero-order chi connectivity index (χ0) is 18.1. The minimum absolute atomic E-state index is 0.297. The number of carbonyl (C=O) groups excluding carboxylic acids is 1. The lowest BCUT2D eigenvalue weighted by molar-refractivity contribution is -0.124. The quantitative estimate of drug-likeness (QED) is 0.833. The first kappa shape index (κ1) is 18.0. The normalized spacial score (nSPS) is 11.9. The lowest BCUT2D eigenvalue weighted by Crippen LogP contribution is -2.51. The number of carbonyl (C=O) groups is 1. The standard InChI is InChI=1S/C16H25N5O3/c1-6-16(7-2,8-3)18-11(22)9-21-14(23)12-13(17-10-19(12)4)20(5)15(21)24/h10H,6-9H2,1-5H3,(H,18,22). The number of aryl methyl sites for hydroxylation is 2. The van der Waals surface area contributed by atoms with E-state index in [0.717, 1.165) is 23.8 Å². The zero-order valence-corrected chi connectivity index (χ0v) is 14.9. The lowest BCUT2D eigenvalue weighted by atomic mass is 9.90. The summed E-state index contributed by atoms with van der Waals surface area (Å²) in [6, 6.07) is 0. The van der Waals surface area contributed by atoms with Gasteiger partial charge in [-0.2, -0.15) is 0 Å². The van der Waals surface area contributed by atoms with Crippen LogP contribution >= 0.6 is 0 Å². The number of rotatable bonds is 6. The number of aromatic nitrogens is 4. The van der Waals surface area contributed by atoms with E-state index in [-0.39, 0.29) is 18.0 Å². The number of amides is 1. The summed E-state index contributed by atoms with van der Waals surface area (Å²) >= 11 is 0. The molecule has 0 fully saturated rings. The Bertz CT molecular complexity index is 862. The van der Waals surface area contributed by atoms with Crippen molar-refractivity contribution in [1.82, 2.24) is 24.0 Å². The Balaban J connectivity index is 2.44. The van der Waals surface area contributed by atoms with Crippen molar-refractivity contribution < 1.29 is 4.79 Å². The number of hydrogen-bond donors (Lipinski definition) is 1. The van der Waals surface area contributed by atoms with E-state index in [2.05, 4.69) is 10.3 Å². The number of nitrogens with one attached hydrogen (secondary N) is 1. The summed E-state index contributed by atoms with van der Waals surface area (Å²) in [6.07, 6.45) is 3.85. The fourth-order valence-corrected chi connectivity index (χ4v) is 3.03. The van der Waals surface area contributed by atoms with Gasteiger partial charge in [0.2, 0.25) is 5.91 Å². The molecule has 2 rings (SSSR count). The maximum atomic E-state index is 12.6. The first-order valence-corrected chi connectivity index (χ1v) is 8.22. The molecule has 24 heavy (non-hydrogen) atoms. The van der Waals surface area contributed by atoms with Gasteiger partial charge in [0.05, 0.1) is 6.33 Å². The molecule has 0 saturated carbocycles. The predicted octanol–water partition coefficient (Wildman–Crippen LogP) is 0.519. The molecule has 0 atom stereocenters. The van der Waals surface area contributed by atoms with Crippen LogP contribution < -0.4 is 16.6 Å². The second kappa shape index (κ2) is 6.62. The van der Waals surface area contributed by atoms with Gasteiger partial charge in [-0.1, -0.05) is 20.8 Å². The molecule has 2 aromatic heterocycles. The van der Waals surface area contributed by atoms with E-state index in [1.807, 2.05) is 20.8 Å². The molecule has 0 aliphatic heterocycles. The van der Waals surface area contributed by atoms with Crippen LogP contribution in [0, 0.1) is 0 Å². The maximum Gasteiger partial charge on any atom is 0.332 e. The van der Waals surface area contributed by atoms with E-state index in [0.29, 0.717) is 11.2 Å². The first-order valence-electron chi connectivity index (χ1n) is 8.22. The van der Waals surface area contributed by atoms with Crippen LogP contribution in [0.25, 0.3) is 11.2 Å². The molecule has 0 spiro atoms. The Kier molecular flexibility index (Phi) is 4.96. The van der Waals surface area contributed by atoms with E-state index in [9.17, 15) is 14.4 Å². The van der Waals surface area contributed by atoms with Crippen LogP contribution in [0.5, 0.6) is 0 Å². The van der Waals surface area contributed by atoms with Crippen LogP contribution in [0.4, 0.5) is 0 Å². The van der Waals surface area contributed by atoms with Crippen molar-refractivity contribution in [3.05, 3.63) is 27.2 Å². The van der Waals surface area contributed by atoms with Crippen molar-refractivity contribution in [2.75, 3.05) is 0 Å². The maximum absolute atomic E-state index is 12.6. The molecule has 1 amide bonds. The topological polar surface area (TPSA) is 90.9 Å². The Hall–Kier alpha value is -2.38. The van der Waals surface area contributed by atoms with Crippen LogP contribution in [0.3, 0.4) is 0 Å². The van der Waals surface area contributed by atoms with E-state index in [4.69, 9.17) is 0 Å². The molecule has 1 N–H and O–H groups in total. The van der Waals surface area contributed by atoms with E-state index in [1.165, 1.54) is 10.9 Å². The Morgan fingerprint density at radius 3 is 2.29 bits per heavy atom. The first-order chi connectivity index (χ1) is 11.3. The largest absolute Gasteiger partial charge is 0.349 e. The van der Waals surface area contributed by atoms with Gasteiger partial charge in [-0.05, 0) is 19.3 Å². The van der Waals surface area contributed by atoms with Gasteiger partial charge in [-0.3, -0.25) is 14.2 Å². The second-order valence-corrected chi connectivity index (χ2v) is 6.15. The predicted molar refractivity (Wildman–Crippen MR) is 92.0 cm³/mol. The van der Waals surface area contributed by atoms with Gasteiger partial charge in [0.15, 0.2) is 11.2 Å².